The molecule has 10 nitrogen and oxygen atoms in total. The Balaban J connectivity index is 1.61. The van der Waals surface area contributed by atoms with E-state index in [2.05, 4.69) is 22.7 Å². The van der Waals surface area contributed by atoms with Crippen molar-refractivity contribution in [2.24, 2.45) is 0 Å². The molecule has 1 aliphatic heterocycles. The number of carbonyl (C=O) groups is 1. The van der Waals surface area contributed by atoms with E-state index in [0.717, 1.165) is 30.2 Å². The highest BCUT2D eigenvalue weighted by Gasteiger charge is 2.28. The summed E-state index contributed by atoms with van der Waals surface area (Å²) in [5.41, 5.74) is 5.01. The number of rotatable bonds is 16. The molecule has 254 valence electrons. The number of halogens is 2. The first-order valence-electron chi connectivity index (χ1n) is 15.5. The molecule has 1 heterocycles. The molecule has 0 saturated carbocycles. The number of carbonyl (C=O) groups excluding carboxylic acids is 1. The molecule has 0 unspecified atom stereocenters. The Bertz CT molecular complexity index is 1640. The van der Waals surface area contributed by atoms with Crippen LogP contribution in [0.15, 0.2) is 67.2 Å². The zero-order valence-corrected chi connectivity index (χ0v) is 27.4. The maximum Gasteiger partial charge on any atom is 0.251 e. The standard InChI is InChI=1S/C34H42F2N4O6S/c1-4-11-46-39-23(2)26-17-27(19-30(18-26)40-10-5-6-12-47(40,43)44)34(42)38-32(16-25-13-28(35)20-29(36)14-25)33(41)22-37-21-24-8-7-9-31(15-24)45-3/h7-9,13-15,17-20,32-33,37,39,41H,2,4-6,10-12,16,21-22H2,1,3H3,(H,38,42)/t32-,33+/m0/s1. The van der Waals surface area contributed by atoms with Gasteiger partial charge in [0.05, 0.1) is 43.0 Å². The molecule has 13 heteroatoms. The topological polar surface area (TPSA) is 129 Å². The Morgan fingerprint density at radius 2 is 1.79 bits per heavy atom. The summed E-state index contributed by atoms with van der Waals surface area (Å²) in [6, 6.07) is 14.1. The molecule has 0 bridgehead atoms. The van der Waals surface area contributed by atoms with Gasteiger partial charge in [-0.15, -0.1) is 0 Å². The lowest BCUT2D eigenvalue weighted by Gasteiger charge is -2.29. The number of aliphatic hydroxyl groups excluding tert-OH is 1. The molecule has 0 radical (unpaired) electrons. The molecule has 0 aromatic heterocycles. The number of hydrogen-bond donors (Lipinski definition) is 4. The fraction of sp³-hybridized carbons (Fsp3) is 0.382. The van der Waals surface area contributed by atoms with E-state index in [1.807, 2.05) is 31.2 Å². The van der Waals surface area contributed by atoms with Gasteiger partial charge >= 0.3 is 0 Å². The third-order valence-corrected chi connectivity index (χ3v) is 9.51. The maximum atomic E-state index is 14.1. The van der Waals surface area contributed by atoms with Crippen molar-refractivity contribution in [3.63, 3.8) is 0 Å². The number of nitrogens with zero attached hydrogens (tertiary/aromatic N) is 1. The number of aliphatic hydroxyl groups is 1. The van der Waals surface area contributed by atoms with Crippen LogP contribution < -0.4 is 25.2 Å². The monoisotopic (exact) mass is 672 g/mol. The van der Waals surface area contributed by atoms with Gasteiger partial charge in [0.2, 0.25) is 10.0 Å². The predicted octanol–water partition coefficient (Wildman–Crippen LogP) is 4.30. The second-order valence-electron chi connectivity index (χ2n) is 11.4. The number of methoxy groups -OCH3 is 1. The summed E-state index contributed by atoms with van der Waals surface area (Å²) in [4.78, 5) is 19.2. The van der Waals surface area contributed by atoms with Crippen molar-refractivity contribution in [3.05, 3.63) is 101 Å². The van der Waals surface area contributed by atoms with Crippen molar-refractivity contribution in [2.75, 3.05) is 36.9 Å². The maximum absolute atomic E-state index is 14.1. The summed E-state index contributed by atoms with van der Waals surface area (Å²) >= 11 is 0. The van der Waals surface area contributed by atoms with Crippen LogP contribution in [0.3, 0.4) is 0 Å². The van der Waals surface area contributed by atoms with E-state index in [1.54, 1.807) is 13.2 Å². The van der Waals surface area contributed by atoms with Crippen molar-refractivity contribution >= 4 is 27.3 Å². The van der Waals surface area contributed by atoms with Gasteiger partial charge < -0.3 is 20.5 Å². The van der Waals surface area contributed by atoms with E-state index in [-0.39, 0.29) is 42.1 Å². The largest absolute Gasteiger partial charge is 0.497 e. The molecule has 47 heavy (non-hydrogen) atoms. The molecule has 1 fully saturated rings. The second kappa shape index (κ2) is 16.7. The summed E-state index contributed by atoms with van der Waals surface area (Å²) in [5.74, 6) is -1.53. The summed E-state index contributed by atoms with van der Waals surface area (Å²) < 4.78 is 60.7. The number of benzene rings is 3. The molecular weight excluding hydrogens is 630 g/mol. The molecule has 0 aliphatic carbocycles. The lowest BCUT2D eigenvalue weighted by molar-refractivity contribution is 0.0790. The van der Waals surface area contributed by atoms with Gasteiger partial charge in [0.15, 0.2) is 0 Å². The first-order valence-corrected chi connectivity index (χ1v) is 17.1. The molecule has 1 saturated heterocycles. The van der Waals surface area contributed by atoms with E-state index in [1.165, 1.54) is 16.4 Å². The van der Waals surface area contributed by atoms with Crippen LogP contribution in [-0.4, -0.2) is 64.1 Å². The molecule has 3 aromatic rings. The van der Waals surface area contributed by atoms with E-state index in [9.17, 15) is 27.1 Å². The predicted molar refractivity (Wildman–Crippen MR) is 177 cm³/mol. The molecule has 0 spiro atoms. The molecule has 4 rings (SSSR count). The molecule has 3 aromatic carbocycles. The molecule has 2 atom stereocenters. The van der Waals surface area contributed by atoms with Crippen LogP contribution in [0, 0.1) is 11.6 Å². The molecule has 4 N–H and O–H groups in total. The zero-order chi connectivity index (χ0) is 34.0. The van der Waals surface area contributed by atoms with Gasteiger partial charge in [-0.1, -0.05) is 25.6 Å². The lowest BCUT2D eigenvalue weighted by Crippen LogP contribution is -2.48. The Labute approximate surface area is 274 Å². The van der Waals surface area contributed by atoms with Crippen LogP contribution in [0.1, 0.15) is 53.2 Å². The van der Waals surface area contributed by atoms with Crippen molar-refractivity contribution in [2.45, 2.75) is 51.3 Å². The Morgan fingerprint density at radius 1 is 1.04 bits per heavy atom. The average Bonchev–Trinajstić information content (AvgIpc) is 3.03. The summed E-state index contributed by atoms with van der Waals surface area (Å²) in [7, 11) is -2.05. The quantitative estimate of drug-likeness (QED) is 0.131. The first-order chi connectivity index (χ1) is 22.5. The highest BCUT2D eigenvalue weighted by Crippen LogP contribution is 2.28. The highest BCUT2D eigenvalue weighted by molar-refractivity contribution is 7.92. The average molecular weight is 673 g/mol. The Kier molecular flexibility index (Phi) is 12.7. The van der Waals surface area contributed by atoms with Crippen LogP contribution in [0.25, 0.3) is 5.70 Å². The minimum atomic E-state index is -3.61. The van der Waals surface area contributed by atoms with Crippen molar-refractivity contribution in [1.82, 2.24) is 16.1 Å². The summed E-state index contributed by atoms with van der Waals surface area (Å²) in [6.45, 7) is 7.00. The SMILES string of the molecule is C=C(NOCCC)c1cc(C(=O)N[C@@H](Cc2cc(F)cc(F)c2)[C@H](O)CNCc2cccc(OC)c2)cc(N2CCCCS2(=O)=O)c1. The van der Waals surface area contributed by atoms with Crippen LogP contribution >= 0.6 is 0 Å². The number of anilines is 1. The van der Waals surface area contributed by atoms with Crippen molar-refractivity contribution < 1.29 is 36.7 Å². The highest BCUT2D eigenvalue weighted by atomic mass is 32.2. The number of ether oxygens (including phenoxy) is 1. The van der Waals surface area contributed by atoms with E-state index < -0.39 is 39.7 Å². The number of hydrogen-bond acceptors (Lipinski definition) is 8. The van der Waals surface area contributed by atoms with Gasteiger partial charge in [-0.25, -0.2) is 17.2 Å². The van der Waals surface area contributed by atoms with Gasteiger partial charge in [-0.3, -0.25) is 19.4 Å². The summed E-state index contributed by atoms with van der Waals surface area (Å²) in [5, 5.41) is 17.2. The smallest absolute Gasteiger partial charge is 0.251 e. The van der Waals surface area contributed by atoms with Gasteiger partial charge in [-0.2, -0.15) is 0 Å². The first kappa shape index (κ1) is 35.8. The molecular formula is C34H42F2N4O6S. The molecule has 1 amide bonds. The fourth-order valence-electron chi connectivity index (χ4n) is 5.25. The number of nitrogens with one attached hydrogen (secondary N) is 3. The Morgan fingerprint density at radius 3 is 2.49 bits per heavy atom. The van der Waals surface area contributed by atoms with E-state index >= 15 is 0 Å². The van der Waals surface area contributed by atoms with Crippen LogP contribution in [-0.2, 0) is 27.8 Å². The van der Waals surface area contributed by atoms with Crippen molar-refractivity contribution in [1.29, 1.82) is 0 Å². The number of amides is 1. The van der Waals surface area contributed by atoms with Crippen LogP contribution in [0.4, 0.5) is 14.5 Å². The third-order valence-electron chi connectivity index (χ3n) is 7.64. The van der Waals surface area contributed by atoms with E-state index in [0.29, 0.717) is 43.0 Å². The van der Waals surface area contributed by atoms with Gasteiger partial charge in [0.25, 0.3) is 5.91 Å². The minimum absolute atomic E-state index is 0.0151. The summed E-state index contributed by atoms with van der Waals surface area (Å²) in [6.07, 6.45) is 0.671. The zero-order valence-electron chi connectivity index (χ0n) is 26.6. The number of hydroxylamine groups is 1. The van der Waals surface area contributed by atoms with Crippen LogP contribution in [0.5, 0.6) is 5.75 Å². The number of sulfonamides is 1. The lowest BCUT2D eigenvalue weighted by atomic mass is 9.99. The third kappa shape index (κ3) is 10.2. The van der Waals surface area contributed by atoms with Crippen molar-refractivity contribution in [3.8, 4) is 5.75 Å². The van der Waals surface area contributed by atoms with Gasteiger partial charge in [0.1, 0.15) is 17.4 Å². The second-order valence-corrected chi connectivity index (χ2v) is 13.4. The fourth-order valence-corrected chi connectivity index (χ4v) is 6.87. The van der Waals surface area contributed by atoms with Crippen LogP contribution in [0.2, 0.25) is 0 Å². The minimum Gasteiger partial charge on any atom is -0.497 e. The Hall–Kier alpha value is -4.04. The van der Waals surface area contributed by atoms with E-state index in [4.69, 9.17) is 9.57 Å². The normalized spacial score (nSPS) is 15.5. The van der Waals surface area contributed by atoms with Gasteiger partial charge in [-0.05, 0) is 79.3 Å². The molecule has 1 aliphatic rings. The van der Waals surface area contributed by atoms with Gasteiger partial charge in [0, 0.05) is 36.8 Å².